The van der Waals surface area contributed by atoms with E-state index in [9.17, 15) is 4.21 Å². The summed E-state index contributed by atoms with van der Waals surface area (Å²) >= 11 is 0. The minimum atomic E-state index is -0.618. The van der Waals surface area contributed by atoms with E-state index in [-0.39, 0.29) is 4.75 Å². The van der Waals surface area contributed by atoms with Crippen LogP contribution in [0.2, 0.25) is 0 Å². The molecule has 0 amide bonds. The van der Waals surface area contributed by atoms with Gasteiger partial charge in [0.15, 0.2) is 0 Å². The van der Waals surface area contributed by atoms with Crippen LogP contribution in [0.15, 0.2) is 11.8 Å². The van der Waals surface area contributed by atoms with Crippen LogP contribution in [0, 0.1) is 0 Å². The molecule has 0 radical (unpaired) electrons. The van der Waals surface area contributed by atoms with Crippen LogP contribution >= 0.6 is 0 Å². The number of rotatable bonds is 4. The molecular weight excluding hydrogens is 208 g/mol. The predicted molar refractivity (Wildman–Crippen MR) is 63.2 cm³/mol. The van der Waals surface area contributed by atoms with Gasteiger partial charge in [0.25, 0.3) is 0 Å². The molecule has 2 aliphatic rings. The fourth-order valence-electron chi connectivity index (χ4n) is 2.12. The van der Waals surface area contributed by atoms with Crippen LogP contribution in [0.3, 0.4) is 0 Å². The normalized spacial score (nSPS) is 35.0. The lowest BCUT2D eigenvalue weighted by Crippen LogP contribution is -2.17. The molecule has 0 aromatic carbocycles. The second-order valence-electron chi connectivity index (χ2n) is 4.67. The summed E-state index contributed by atoms with van der Waals surface area (Å²) in [6, 6.07) is 0. The summed E-state index contributed by atoms with van der Waals surface area (Å²) in [4.78, 5) is 0. The van der Waals surface area contributed by atoms with E-state index in [1.807, 2.05) is 6.26 Å². The van der Waals surface area contributed by atoms with Gasteiger partial charge < -0.3 is 4.74 Å². The van der Waals surface area contributed by atoms with Crippen molar-refractivity contribution in [3.63, 3.8) is 0 Å². The molecule has 2 unspecified atom stereocenters. The van der Waals surface area contributed by atoms with Gasteiger partial charge in [0.2, 0.25) is 0 Å². The Hall–Kier alpha value is -0.310. The zero-order valence-corrected chi connectivity index (χ0v) is 10.3. The molecule has 0 aromatic heterocycles. The third-order valence-corrected chi connectivity index (χ3v) is 5.51. The van der Waals surface area contributed by atoms with Crippen LogP contribution in [0.4, 0.5) is 0 Å². The van der Waals surface area contributed by atoms with E-state index in [1.165, 1.54) is 37.7 Å². The number of ether oxygens (including phenoxy) is 1. The molecule has 2 nitrogen and oxygen atoms in total. The molecule has 0 N–H and O–H groups in total. The summed E-state index contributed by atoms with van der Waals surface area (Å²) in [5.74, 6) is 0.840. The lowest BCUT2D eigenvalue weighted by atomic mass is 9.96. The van der Waals surface area contributed by atoms with Crippen LogP contribution in [0.1, 0.15) is 45.4 Å². The molecule has 0 spiro atoms. The maximum Gasteiger partial charge on any atom is 0.105 e. The van der Waals surface area contributed by atoms with Gasteiger partial charge in [0.05, 0.1) is 11.0 Å². The second-order valence-corrected chi connectivity index (χ2v) is 6.52. The molecule has 86 valence electrons. The van der Waals surface area contributed by atoms with Crippen LogP contribution in [-0.2, 0) is 15.5 Å². The van der Waals surface area contributed by atoms with Crippen molar-refractivity contribution in [2.24, 2.45) is 0 Å². The van der Waals surface area contributed by atoms with E-state index < -0.39 is 10.8 Å². The summed E-state index contributed by atoms with van der Waals surface area (Å²) in [6.07, 6.45) is 9.28. The van der Waals surface area contributed by atoms with Crippen LogP contribution < -0.4 is 0 Å². The van der Waals surface area contributed by atoms with Crippen LogP contribution in [-0.4, -0.2) is 21.3 Å². The summed E-state index contributed by atoms with van der Waals surface area (Å²) in [7, 11) is -0.618. The highest BCUT2D eigenvalue weighted by Gasteiger charge is 2.51. The van der Waals surface area contributed by atoms with Gasteiger partial charge in [-0.15, -0.1) is 0 Å². The molecule has 0 bridgehead atoms. The second kappa shape index (κ2) is 4.69. The Morgan fingerprint density at radius 3 is 2.60 bits per heavy atom. The summed E-state index contributed by atoms with van der Waals surface area (Å²) in [5, 5.41) is 0. The topological polar surface area (TPSA) is 26.3 Å². The van der Waals surface area contributed by atoms with Crippen molar-refractivity contribution in [1.82, 2.24) is 0 Å². The average Bonchev–Trinajstić information content (AvgIpc) is 2.92. The van der Waals surface area contributed by atoms with Crippen molar-refractivity contribution in [2.75, 3.05) is 12.4 Å². The van der Waals surface area contributed by atoms with Crippen molar-refractivity contribution in [3.05, 3.63) is 11.8 Å². The first kappa shape index (κ1) is 11.2. The Morgan fingerprint density at radius 2 is 2.07 bits per heavy atom. The smallest absolute Gasteiger partial charge is 0.105 e. The van der Waals surface area contributed by atoms with E-state index >= 15 is 0 Å². The number of allylic oxidation sites excluding steroid dienone is 1. The molecule has 2 fully saturated rings. The molecule has 1 aliphatic carbocycles. The fourth-order valence-corrected chi connectivity index (χ4v) is 3.49. The Labute approximate surface area is 94.5 Å². The maximum atomic E-state index is 11.3. The van der Waals surface area contributed by atoms with E-state index in [4.69, 9.17) is 4.74 Å². The molecule has 1 aliphatic heterocycles. The summed E-state index contributed by atoms with van der Waals surface area (Å²) in [6.45, 7) is 2.75. The first-order chi connectivity index (χ1) is 7.27. The van der Waals surface area contributed by atoms with Crippen molar-refractivity contribution >= 4 is 10.8 Å². The monoisotopic (exact) mass is 228 g/mol. The third-order valence-electron chi connectivity index (χ3n) is 3.52. The standard InChI is InChI=1S/C12H20O2S/c1-2-12(10-15(12)13)9-14-8-11-6-4-3-5-7-11/h8H,2-7,9-10H2,1H3. The van der Waals surface area contributed by atoms with Crippen LogP contribution in [0.5, 0.6) is 0 Å². The lowest BCUT2D eigenvalue weighted by molar-refractivity contribution is 0.222. The summed E-state index contributed by atoms with van der Waals surface area (Å²) < 4.78 is 16.9. The minimum Gasteiger partial charge on any atom is -0.500 e. The minimum absolute atomic E-state index is 0.00568. The Kier molecular flexibility index (Phi) is 3.49. The quantitative estimate of drug-likeness (QED) is 0.546. The van der Waals surface area contributed by atoms with E-state index in [2.05, 4.69) is 6.92 Å². The molecule has 1 saturated carbocycles. The van der Waals surface area contributed by atoms with Gasteiger partial charge in [-0.1, -0.05) is 13.3 Å². The molecule has 2 rings (SSSR count). The highest BCUT2D eigenvalue weighted by atomic mass is 32.2. The SMILES string of the molecule is CCC1(COC=C2CCCCC2)CS1=O. The Bertz CT molecular complexity index is 277. The molecule has 1 saturated heterocycles. The Morgan fingerprint density at radius 1 is 1.40 bits per heavy atom. The van der Waals surface area contributed by atoms with Gasteiger partial charge in [-0.2, -0.15) is 0 Å². The highest BCUT2D eigenvalue weighted by Crippen LogP contribution is 2.36. The van der Waals surface area contributed by atoms with Crippen molar-refractivity contribution in [2.45, 2.75) is 50.2 Å². The zero-order valence-electron chi connectivity index (χ0n) is 9.46. The predicted octanol–water partition coefficient (Wildman–Crippen LogP) is 2.76. The van der Waals surface area contributed by atoms with Gasteiger partial charge in [0.1, 0.15) is 6.61 Å². The Balaban J connectivity index is 1.76. The molecule has 2 atom stereocenters. The number of hydrogen-bond donors (Lipinski definition) is 0. The molecule has 0 aromatic rings. The van der Waals surface area contributed by atoms with E-state index in [0.29, 0.717) is 6.61 Å². The maximum absolute atomic E-state index is 11.3. The van der Waals surface area contributed by atoms with E-state index in [1.54, 1.807) is 0 Å². The molecule has 15 heavy (non-hydrogen) atoms. The van der Waals surface area contributed by atoms with Gasteiger partial charge in [-0.25, -0.2) is 0 Å². The zero-order chi connectivity index (χ0) is 10.7. The summed E-state index contributed by atoms with van der Waals surface area (Å²) in [5.41, 5.74) is 1.44. The van der Waals surface area contributed by atoms with Crippen molar-refractivity contribution in [3.8, 4) is 0 Å². The molecule has 1 heterocycles. The van der Waals surface area contributed by atoms with Gasteiger partial charge in [0, 0.05) is 16.6 Å². The van der Waals surface area contributed by atoms with Gasteiger partial charge in [-0.05, 0) is 37.7 Å². The first-order valence-corrected chi connectivity index (χ1v) is 7.27. The fraction of sp³-hybridized carbons (Fsp3) is 0.833. The first-order valence-electron chi connectivity index (χ1n) is 5.95. The van der Waals surface area contributed by atoms with Gasteiger partial charge in [-0.3, -0.25) is 4.21 Å². The van der Waals surface area contributed by atoms with Crippen LogP contribution in [0.25, 0.3) is 0 Å². The van der Waals surface area contributed by atoms with E-state index in [0.717, 1.165) is 12.2 Å². The molecular formula is C12H20O2S. The lowest BCUT2D eigenvalue weighted by Gasteiger charge is -2.14. The van der Waals surface area contributed by atoms with Crippen molar-refractivity contribution < 1.29 is 8.95 Å². The molecule has 3 heteroatoms. The average molecular weight is 228 g/mol. The third kappa shape index (κ3) is 2.63. The highest BCUT2D eigenvalue weighted by molar-refractivity contribution is 7.94. The number of hydrogen-bond acceptors (Lipinski definition) is 2. The van der Waals surface area contributed by atoms with Gasteiger partial charge >= 0.3 is 0 Å². The van der Waals surface area contributed by atoms with Crippen molar-refractivity contribution in [1.29, 1.82) is 0 Å². The largest absolute Gasteiger partial charge is 0.500 e.